The summed E-state index contributed by atoms with van der Waals surface area (Å²) >= 11 is 0. The Bertz CT molecular complexity index is 471. The number of methoxy groups -OCH3 is 2. The average molecular weight is 272 g/mol. The van der Waals surface area contributed by atoms with Crippen LogP contribution in [0.2, 0.25) is 0 Å². The molecule has 106 valence electrons. The second-order valence-electron chi connectivity index (χ2n) is 3.57. The van der Waals surface area contributed by atoms with Crippen LogP contribution < -0.4 is 11.1 Å². The second kappa shape index (κ2) is 6.59. The number of hydrogen-bond donors (Lipinski definition) is 3. The van der Waals surface area contributed by atoms with Crippen molar-refractivity contribution in [3.8, 4) is 0 Å². The zero-order valence-electron chi connectivity index (χ0n) is 10.7. The third kappa shape index (κ3) is 3.58. The van der Waals surface area contributed by atoms with Gasteiger partial charge in [0.1, 0.15) is 17.9 Å². The highest BCUT2D eigenvalue weighted by Gasteiger charge is 2.23. The van der Waals surface area contributed by atoms with E-state index in [1.54, 1.807) is 0 Å². The van der Waals surface area contributed by atoms with Crippen LogP contribution in [0.5, 0.6) is 0 Å². The van der Waals surface area contributed by atoms with Crippen LogP contribution in [0, 0.1) is 0 Å². The zero-order chi connectivity index (χ0) is 14.4. The molecule has 0 unspecified atom stereocenters. The van der Waals surface area contributed by atoms with Gasteiger partial charge in [-0.3, -0.25) is 4.79 Å². The summed E-state index contributed by atoms with van der Waals surface area (Å²) in [7, 11) is 2.73. The molecule has 19 heavy (non-hydrogen) atoms. The Morgan fingerprint density at radius 2 is 2.16 bits per heavy atom. The Morgan fingerprint density at radius 3 is 2.68 bits per heavy atom. The van der Waals surface area contributed by atoms with E-state index in [2.05, 4.69) is 15.2 Å². The molecule has 0 fully saturated rings. The minimum absolute atomic E-state index is 0.0138. The first-order valence-corrected chi connectivity index (χ1v) is 5.40. The van der Waals surface area contributed by atoms with E-state index < -0.39 is 18.5 Å². The van der Waals surface area contributed by atoms with Gasteiger partial charge in [-0.25, -0.2) is 9.48 Å². The normalized spacial score (nSPS) is 10.2. The second-order valence-corrected chi connectivity index (χ2v) is 3.57. The van der Waals surface area contributed by atoms with E-state index in [9.17, 15) is 9.59 Å². The Hall–Kier alpha value is -2.29. The lowest BCUT2D eigenvalue weighted by Gasteiger charge is -2.04. The summed E-state index contributed by atoms with van der Waals surface area (Å²) in [6.45, 7) is 0.345. The fourth-order valence-electron chi connectivity index (χ4n) is 1.42. The van der Waals surface area contributed by atoms with E-state index in [0.717, 1.165) is 4.68 Å². The van der Waals surface area contributed by atoms with E-state index >= 15 is 0 Å². The van der Waals surface area contributed by atoms with Gasteiger partial charge in [0.25, 0.3) is 0 Å². The van der Waals surface area contributed by atoms with Gasteiger partial charge < -0.3 is 25.6 Å². The quantitative estimate of drug-likeness (QED) is 0.443. The van der Waals surface area contributed by atoms with E-state index in [1.165, 1.54) is 14.2 Å². The van der Waals surface area contributed by atoms with Crippen molar-refractivity contribution in [3.63, 3.8) is 0 Å². The number of esters is 1. The lowest BCUT2D eigenvalue weighted by atomic mass is 10.3. The van der Waals surface area contributed by atoms with Gasteiger partial charge in [-0.05, 0) is 0 Å². The van der Waals surface area contributed by atoms with Gasteiger partial charge in [0.15, 0.2) is 5.82 Å². The summed E-state index contributed by atoms with van der Waals surface area (Å²) in [6, 6.07) is 0. The van der Waals surface area contributed by atoms with Crippen molar-refractivity contribution in [2.45, 2.75) is 6.54 Å². The molecule has 0 radical (unpaired) electrons. The van der Waals surface area contributed by atoms with Crippen molar-refractivity contribution in [2.75, 3.05) is 38.4 Å². The molecule has 9 nitrogen and oxygen atoms in total. The van der Waals surface area contributed by atoms with Crippen LogP contribution in [-0.4, -0.2) is 54.2 Å². The number of aliphatic carboxylic acids is 1. The number of hydrogen-bond acceptors (Lipinski definition) is 7. The molecule has 1 aromatic heterocycles. The SMILES string of the molecule is COCCNc1nn(CC(=O)O)c(N)c1C(=O)OC. The predicted molar refractivity (Wildman–Crippen MR) is 66.0 cm³/mol. The first-order valence-electron chi connectivity index (χ1n) is 5.40. The van der Waals surface area contributed by atoms with Gasteiger partial charge in [-0.1, -0.05) is 0 Å². The van der Waals surface area contributed by atoms with E-state index in [-0.39, 0.29) is 17.2 Å². The van der Waals surface area contributed by atoms with E-state index in [1.807, 2.05) is 0 Å². The molecule has 0 saturated heterocycles. The summed E-state index contributed by atoms with van der Waals surface area (Å²) in [4.78, 5) is 22.3. The molecule has 0 saturated carbocycles. The lowest BCUT2D eigenvalue weighted by Crippen LogP contribution is -2.13. The van der Waals surface area contributed by atoms with Crippen LogP contribution in [-0.2, 0) is 20.8 Å². The van der Waals surface area contributed by atoms with Gasteiger partial charge >= 0.3 is 11.9 Å². The minimum Gasteiger partial charge on any atom is -0.480 e. The Kier molecular flexibility index (Phi) is 5.12. The van der Waals surface area contributed by atoms with E-state index in [0.29, 0.717) is 13.2 Å². The minimum atomic E-state index is -1.12. The molecule has 1 heterocycles. The highest BCUT2D eigenvalue weighted by molar-refractivity contribution is 5.99. The number of carboxylic acid groups (broad SMARTS) is 1. The van der Waals surface area contributed by atoms with Gasteiger partial charge in [0.2, 0.25) is 0 Å². The Labute approximate surface area is 109 Å². The maximum absolute atomic E-state index is 11.6. The summed E-state index contributed by atoms with van der Waals surface area (Å²) in [5.74, 6) is -1.69. The molecule has 4 N–H and O–H groups in total. The number of nitrogen functional groups attached to an aromatic ring is 1. The monoisotopic (exact) mass is 272 g/mol. The van der Waals surface area contributed by atoms with Gasteiger partial charge in [-0.15, -0.1) is 0 Å². The van der Waals surface area contributed by atoms with Crippen molar-refractivity contribution >= 4 is 23.6 Å². The van der Waals surface area contributed by atoms with Crippen LogP contribution in [0.1, 0.15) is 10.4 Å². The highest BCUT2D eigenvalue weighted by atomic mass is 16.5. The Balaban J connectivity index is 3.04. The molecule has 0 aliphatic rings. The first kappa shape index (κ1) is 14.8. The van der Waals surface area contributed by atoms with Crippen molar-refractivity contribution < 1.29 is 24.2 Å². The maximum Gasteiger partial charge on any atom is 0.345 e. The molecule has 1 aromatic rings. The number of rotatable bonds is 7. The highest BCUT2D eigenvalue weighted by Crippen LogP contribution is 2.22. The third-order valence-corrected chi connectivity index (χ3v) is 2.26. The smallest absolute Gasteiger partial charge is 0.345 e. The number of ether oxygens (including phenoxy) is 2. The van der Waals surface area contributed by atoms with Crippen LogP contribution in [0.3, 0.4) is 0 Å². The third-order valence-electron chi connectivity index (χ3n) is 2.26. The molecule has 1 rings (SSSR count). The summed E-state index contributed by atoms with van der Waals surface area (Å²) in [5.41, 5.74) is 5.71. The lowest BCUT2D eigenvalue weighted by molar-refractivity contribution is -0.137. The fourth-order valence-corrected chi connectivity index (χ4v) is 1.42. The average Bonchev–Trinajstić information content (AvgIpc) is 2.65. The number of carbonyl (C=O) groups is 2. The molecule has 0 amide bonds. The van der Waals surface area contributed by atoms with E-state index in [4.69, 9.17) is 15.6 Å². The molecule has 0 aromatic carbocycles. The van der Waals surface area contributed by atoms with Crippen LogP contribution in [0.4, 0.5) is 11.6 Å². The summed E-state index contributed by atoms with van der Waals surface area (Å²) < 4.78 is 10.5. The molecule has 0 aliphatic carbocycles. The van der Waals surface area contributed by atoms with Crippen molar-refractivity contribution in [2.24, 2.45) is 0 Å². The number of anilines is 2. The van der Waals surface area contributed by atoms with Crippen molar-refractivity contribution in [3.05, 3.63) is 5.56 Å². The van der Waals surface area contributed by atoms with Crippen molar-refractivity contribution in [1.29, 1.82) is 0 Å². The molecule has 9 heteroatoms. The van der Waals surface area contributed by atoms with Crippen molar-refractivity contribution in [1.82, 2.24) is 9.78 Å². The topological polar surface area (TPSA) is 129 Å². The predicted octanol–water partition coefficient (Wildman–Crippen LogP) is -0.605. The molecular formula is C10H16N4O5. The number of nitrogens with one attached hydrogen (secondary N) is 1. The number of nitrogens with zero attached hydrogens (tertiary/aromatic N) is 2. The molecule has 0 bridgehead atoms. The maximum atomic E-state index is 11.6. The summed E-state index contributed by atoms with van der Waals surface area (Å²) in [5, 5.41) is 15.5. The largest absolute Gasteiger partial charge is 0.480 e. The standard InChI is InChI=1S/C10H16N4O5/c1-18-4-3-12-9-7(10(17)19-2)8(11)14(13-9)5-6(15)16/h3-5,11H2,1-2H3,(H,12,13)(H,15,16). The molecule has 0 spiro atoms. The first-order chi connectivity index (χ1) is 9.01. The molecule has 0 atom stereocenters. The Morgan fingerprint density at radius 1 is 1.47 bits per heavy atom. The number of nitrogens with two attached hydrogens (primary N) is 1. The van der Waals surface area contributed by atoms with Gasteiger partial charge in [-0.2, -0.15) is 5.10 Å². The number of aromatic nitrogens is 2. The number of carboxylic acids is 1. The van der Waals surface area contributed by atoms with Gasteiger partial charge in [0.05, 0.1) is 13.7 Å². The van der Waals surface area contributed by atoms with Crippen LogP contribution >= 0.6 is 0 Å². The van der Waals surface area contributed by atoms with Crippen LogP contribution in [0.15, 0.2) is 0 Å². The molecule has 0 aliphatic heterocycles. The van der Waals surface area contributed by atoms with Crippen LogP contribution in [0.25, 0.3) is 0 Å². The molecular weight excluding hydrogens is 256 g/mol. The fraction of sp³-hybridized carbons (Fsp3) is 0.500. The zero-order valence-corrected chi connectivity index (χ0v) is 10.7. The number of carbonyl (C=O) groups excluding carboxylic acids is 1. The summed E-state index contributed by atoms with van der Waals surface area (Å²) in [6.07, 6.45) is 0. The van der Waals surface area contributed by atoms with Gasteiger partial charge in [0, 0.05) is 13.7 Å².